The van der Waals surface area contributed by atoms with Crippen LogP contribution in [0.2, 0.25) is 0 Å². The van der Waals surface area contributed by atoms with E-state index in [1.807, 2.05) is 43.3 Å². The van der Waals surface area contributed by atoms with Crippen LogP contribution in [0.4, 0.5) is 5.69 Å². The second kappa shape index (κ2) is 5.81. The van der Waals surface area contributed by atoms with Crippen LogP contribution in [-0.2, 0) is 17.9 Å². The number of rotatable bonds is 4. The van der Waals surface area contributed by atoms with Crippen molar-refractivity contribution < 1.29 is 9.53 Å². The van der Waals surface area contributed by atoms with E-state index in [1.54, 1.807) is 7.11 Å². The van der Waals surface area contributed by atoms with Gasteiger partial charge in [-0.1, -0.05) is 12.1 Å². The number of carbonyl (C=O) groups is 1. The number of nitrogen functional groups attached to an aromatic ring is 1. The molecule has 114 valence electrons. The highest BCUT2D eigenvalue weighted by Crippen LogP contribution is 2.37. The molecule has 4 heteroatoms. The first kappa shape index (κ1) is 14.6. The summed E-state index contributed by atoms with van der Waals surface area (Å²) >= 11 is 0. The van der Waals surface area contributed by atoms with Crippen molar-refractivity contribution in [3.8, 4) is 5.75 Å². The predicted molar refractivity (Wildman–Crippen MR) is 86.6 cm³/mol. The molecule has 3 rings (SSSR count). The largest absolute Gasteiger partial charge is 0.497 e. The Morgan fingerprint density at radius 2 is 2.05 bits per heavy atom. The fourth-order valence-corrected chi connectivity index (χ4v) is 3.23. The Morgan fingerprint density at radius 1 is 1.32 bits per heavy atom. The number of hydrogen-bond acceptors (Lipinski definition) is 4. The minimum absolute atomic E-state index is 0.197. The van der Waals surface area contributed by atoms with E-state index in [2.05, 4.69) is 4.90 Å². The normalized spacial score (nSPS) is 17.3. The highest BCUT2D eigenvalue weighted by atomic mass is 16.5. The molecule has 22 heavy (non-hydrogen) atoms. The zero-order chi connectivity index (χ0) is 15.7. The van der Waals surface area contributed by atoms with E-state index < -0.39 is 0 Å². The van der Waals surface area contributed by atoms with Gasteiger partial charge in [0.25, 0.3) is 0 Å². The van der Waals surface area contributed by atoms with Gasteiger partial charge in [0.05, 0.1) is 13.2 Å². The maximum atomic E-state index is 11.6. The molecule has 0 amide bonds. The maximum Gasteiger partial charge on any atom is 0.141 e. The lowest BCUT2D eigenvalue weighted by atomic mass is 9.99. The van der Waals surface area contributed by atoms with Crippen LogP contribution in [0.25, 0.3) is 0 Å². The van der Waals surface area contributed by atoms with Gasteiger partial charge in [0, 0.05) is 18.8 Å². The van der Waals surface area contributed by atoms with Crippen LogP contribution in [0, 0.1) is 6.92 Å². The molecule has 0 aromatic heterocycles. The van der Waals surface area contributed by atoms with E-state index >= 15 is 0 Å². The van der Waals surface area contributed by atoms with Gasteiger partial charge in [0.1, 0.15) is 12.0 Å². The summed E-state index contributed by atoms with van der Waals surface area (Å²) in [6, 6.07) is 11.7. The van der Waals surface area contributed by atoms with Gasteiger partial charge in [-0.3, -0.25) is 4.90 Å². The number of fused-ring (bicyclic) bond motifs is 1. The quantitative estimate of drug-likeness (QED) is 0.696. The summed E-state index contributed by atoms with van der Waals surface area (Å²) in [6.07, 6.45) is 1.03. The highest BCUT2D eigenvalue weighted by Gasteiger charge is 2.31. The Labute approximate surface area is 130 Å². The second-order valence-electron chi connectivity index (χ2n) is 5.74. The molecule has 1 atom stereocenters. The van der Waals surface area contributed by atoms with E-state index in [4.69, 9.17) is 10.5 Å². The molecule has 0 spiro atoms. The number of nitrogens with two attached hydrogens (primary N) is 1. The third-order valence-electron chi connectivity index (χ3n) is 4.23. The van der Waals surface area contributed by atoms with Gasteiger partial charge < -0.3 is 15.3 Å². The SMILES string of the molecule is COc1ccc(CN2Cc3cc(N)cc(C)c3C2C=O)cc1. The van der Waals surface area contributed by atoms with Crippen LogP contribution in [0.15, 0.2) is 36.4 Å². The monoisotopic (exact) mass is 296 g/mol. The van der Waals surface area contributed by atoms with Gasteiger partial charge in [-0.05, 0) is 53.4 Å². The minimum Gasteiger partial charge on any atom is -0.497 e. The lowest BCUT2D eigenvalue weighted by Crippen LogP contribution is -2.22. The Bertz CT molecular complexity index is 695. The Balaban J connectivity index is 1.86. The van der Waals surface area contributed by atoms with Gasteiger partial charge in [-0.2, -0.15) is 0 Å². The average Bonchev–Trinajstić information content (AvgIpc) is 2.85. The third-order valence-corrected chi connectivity index (χ3v) is 4.23. The summed E-state index contributed by atoms with van der Waals surface area (Å²) in [4.78, 5) is 13.8. The number of aldehydes is 1. The lowest BCUT2D eigenvalue weighted by molar-refractivity contribution is -0.112. The molecule has 0 saturated carbocycles. The molecule has 1 aliphatic heterocycles. The summed E-state index contributed by atoms with van der Waals surface area (Å²) in [5.41, 5.74) is 11.2. The van der Waals surface area contributed by atoms with Crippen LogP contribution in [0.5, 0.6) is 5.75 Å². The Morgan fingerprint density at radius 3 is 2.68 bits per heavy atom. The molecule has 2 aromatic carbocycles. The van der Waals surface area contributed by atoms with Crippen LogP contribution in [0.1, 0.15) is 28.3 Å². The van der Waals surface area contributed by atoms with Crippen molar-refractivity contribution in [1.82, 2.24) is 4.90 Å². The van der Waals surface area contributed by atoms with E-state index in [0.29, 0.717) is 0 Å². The minimum atomic E-state index is -0.197. The number of hydrogen-bond donors (Lipinski definition) is 1. The van der Waals surface area contributed by atoms with Crippen LogP contribution >= 0.6 is 0 Å². The van der Waals surface area contributed by atoms with Crippen molar-refractivity contribution in [2.24, 2.45) is 0 Å². The lowest BCUT2D eigenvalue weighted by Gasteiger charge is -2.21. The highest BCUT2D eigenvalue weighted by molar-refractivity contribution is 5.67. The Hall–Kier alpha value is -2.33. The number of anilines is 1. The molecule has 0 radical (unpaired) electrons. The number of carbonyl (C=O) groups excluding carboxylic acids is 1. The van der Waals surface area contributed by atoms with E-state index in [9.17, 15) is 4.79 Å². The summed E-state index contributed by atoms with van der Waals surface area (Å²) in [5, 5.41) is 0. The molecule has 0 fully saturated rings. The van der Waals surface area contributed by atoms with Gasteiger partial charge in [-0.15, -0.1) is 0 Å². The van der Waals surface area contributed by atoms with Crippen molar-refractivity contribution in [1.29, 1.82) is 0 Å². The fraction of sp³-hybridized carbons (Fsp3) is 0.278. The number of nitrogens with zero attached hydrogens (tertiary/aromatic N) is 1. The zero-order valence-corrected chi connectivity index (χ0v) is 12.9. The van der Waals surface area contributed by atoms with Crippen LogP contribution < -0.4 is 10.5 Å². The van der Waals surface area contributed by atoms with Gasteiger partial charge in [0.2, 0.25) is 0 Å². The molecule has 0 aliphatic carbocycles. The molecule has 2 aromatic rings. The van der Waals surface area contributed by atoms with Crippen molar-refractivity contribution in [3.63, 3.8) is 0 Å². The Kier molecular flexibility index (Phi) is 3.86. The van der Waals surface area contributed by atoms with Crippen LogP contribution in [-0.4, -0.2) is 18.3 Å². The molecule has 1 aliphatic rings. The molecule has 1 heterocycles. The average molecular weight is 296 g/mol. The predicted octanol–water partition coefficient (Wildman–Crippen LogP) is 2.84. The second-order valence-corrected chi connectivity index (χ2v) is 5.74. The van der Waals surface area contributed by atoms with Crippen molar-refractivity contribution >= 4 is 12.0 Å². The van der Waals surface area contributed by atoms with E-state index in [1.165, 1.54) is 0 Å². The van der Waals surface area contributed by atoms with Gasteiger partial charge in [0.15, 0.2) is 0 Å². The molecule has 0 bridgehead atoms. The van der Waals surface area contributed by atoms with Gasteiger partial charge in [-0.25, -0.2) is 0 Å². The van der Waals surface area contributed by atoms with Crippen molar-refractivity contribution in [2.75, 3.05) is 12.8 Å². The first-order valence-corrected chi connectivity index (χ1v) is 7.33. The zero-order valence-electron chi connectivity index (χ0n) is 12.9. The standard InChI is InChI=1S/C18H20N2O2/c1-12-7-15(19)8-14-10-20(17(11-21)18(12)14)9-13-3-5-16(22-2)6-4-13/h3-8,11,17H,9-10,19H2,1-2H3. The number of methoxy groups -OCH3 is 1. The third kappa shape index (κ3) is 2.57. The molecular formula is C18H20N2O2. The number of aryl methyl sites for hydroxylation is 1. The summed E-state index contributed by atoms with van der Waals surface area (Å²) < 4.78 is 5.18. The van der Waals surface area contributed by atoms with E-state index in [-0.39, 0.29) is 6.04 Å². The van der Waals surface area contributed by atoms with Gasteiger partial charge >= 0.3 is 0 Å². The molecule has 4 nitrogen and oxygen atoms in total. The smallest absolute Gasteiger partial charge is 0.141 e. The van der Waals surface area contributed by atoms with E-state index in [0.717, 1.165) is 53.1 Å². The summed E-state index contributed by atoms with van der Waals surface area (Å²) in [5.74, 6) is 0.837. The topological polar surface area (TPSA) is 55.6 Å². The van der Waals surface area contributed by atoms with Crippen molar-refractivity contribution in [2.45, 2.75) is 26.1 Å². The number of ether oxygens (including phenoxy) is 1. The summed E-state index contributed by atoms with van der Waals surface area (Å²) in [7, 11) is 1.65. The molecule has 1 unspecified atom stereocenters. The molecule has 0 saturated heterocycles. The molecule has 2 N–H and O–H groups in total. The molecular weight excluding hydrogens is 276 g/mol. The first-order valence-electron chi connectivity index (χ1n) is 7.33. The maximum absolute atomic E-state index is 11.6. The first-order chi connectivity index (χ1) is 10.6. The summed E-state index contributed by atoms with van der Waals surface area (Å²) in [6.45, 7) is 3.49. The number of benzene rings is 2. The fourth-order valence-electron chi connectivity index (χ4n) is 3.23. The van der Waals surface area contributed by atoms with Crippen molar-refractivity contribution in [3.05, 3.63) is 58.7 Å². The van der Waals surface area contributed by atoms with Crippen LogP contribution in [0.3, 0.4) is 0 Å².